The molecule has 5 nitrogen and oxygen atoms in total. The molecule has 0 aromatic heterocycles. The third kappa shape index (κ3) is 3.71. The van der Waals surface area contributed by atoms with Gasteiger partial charge in [0, 0.05) is 5.56 Å². The van der Waals surface area contributed by atoms with Crippen LogP contribution < -0.4 is 20.9 Å². The lowest BCUT2D eigenvalue weighted by molar-refractivity contribution is -0.119. The smallest absolute Gasteiger partial charge is 0.238 e. The van der Waals surface area contributed by atoms with Crippen molar-refractivity contribution in [2.24, 2.45) is 11.5 Å². The van der Waals surface area contributed by atoms with Crippen molar-refractivity contribution in [3.63, 3.8) is 0 Å². The summed E-state index contributed by atoms with van der Waals surface area (Å²) >= 11 is 5.94. The van der Waals surface area contributed by atoms with Gasteiger partial charge in [-0.05, 0) is 6.07 Å². The number of hydrogen-bond acceptors (Lipinski definition) is 4. The molecule has 0 aliphatic heterocycles. The highest BCUT2D eigenvalue weighted by Gasteiger charge is 2.24. The highest BCUT2D eigenvalue weighted by molar-refractivity contribution is 6.33. The fourth-order valence-corrected chi connectivity index (χ4v) is 1.69. The summed E-state index contributed by atoms with van der Waals surface area (Å²) in [4.78, 5) is 11.0. The van der Waals surface area contributed by atoms with Gasteiger partial charge in [-0.3, -0.25) is 4.79 Å². The monoisotopic (exact) mass is 292 g/mol. The summed E-state index contributed by atoms with van der Waals surface area (Å²) in [6.45, 7) is 4.00. The minimum atomic E-state index is -1.21. The van der Waals surface area contributed by atoms with Crippen LogP contribution in [-0.4, -0.2) is 20.1 Å². The SMILES string of the molecule is CC.COc1c(F)cc(C(N)C(N)=O)c(Cl)c1OC. The molecule has 7 heteroatoms. The van der Waals surface area contributed by atoms with E-state index in [9.17, 15) is 9.18 Å². The molecule has 0 spiro atoms. The van der Waals surface area contributed by atoms with Gasteiger partial charge in [-0.15, -0.1) is 0 Å². The Morgan fingerprint density at radius 2 is 1.79 bits per heavy atom. The zero-order chi connectivity index (χ0) is 15.2. The molecule has 0 heterocycles. The number of ether oxygens (including phenoxy) is 2. The molecule has 0 aliphatic carbocycles. The second-order valence-corrected chi connectivity index (χ2v) is 3.59. The molecule has 1 aromatic carbocycles. The molecule has 1 unspecified atom stereocenters. The molecule has 108 valence electrons. The molecule has 1 atom stereocenters. The first-order valence-electron chi connectivity index (χ1n) is 5.58. The maximum Gasteiger partial charge on any atom is 0.238 e. The summed E-state index contributed by atoms with van der Waals surface area (Å²) in [7, 11) is 2.56. The standard InChI is InChI=1S/C10H12ClFN2O3.C2H6/c1-16-8-5(12)3-4(7(13)10(14)15)6(11)9(8)17-2;1-2/h3,7H,13H2,1-2H3,(H2,14,15);1-2H3. The number of methoxy groups -OCH3 is 2. The number of amides is 1. The van der Waals surface area contributed by atoms with E-state index in [0.717, 1.165) is 6.07 Å². The lowest BCUT2D eigenvalue weighted by Crippen LogP contribution is -2.28. The summed E-state index contributed by atoms with van der Waals surface area (Å²) in [6.07, 6.45) is 0. The van der Waals surface area contributed by atoms with Crippen LogP contribution in [0.2, 0.25) is 5.02 Å². The van der Waals surface area contributed by atoms with Crippen LogP contribution in [0.4, 0.5) is 4.39 Å². The molecule has 0 saturated carbocycles. The van der Waals surface area contributed by atoms with E-state index >= 15 is 0 Å². The molecule has 0 bridgehead atoms. The predicted molar refractivity (Wildman–Crippen MR) is 72.0 cm³/mol. The normalized spacial score (nSPS) is 11.1. The van der Waals surface area contributed by atoms with Crippen LogP contribution in [0, 0.1) is 5.82 Å². The van der Waals surface area contributed by atoms with Crippen molar-refractivity contribution in [2.75, 3.05) is 14.2 Å². The minimum absolute atomic E-state index is 0.00273. The largest absolute Gasteiger partial charge is 0.491 e. The maximum atomic E-state index is 13.6. The number of benzene rings is 1. The van der Waals surface area contributed by atoms with Gasteiger partial charge in [0.15, 0.2) is 17.3 Å². The number of primary amides is 1. The Bertz CT molecular complexity index is 455. The second-order valence-electron chi connectivity index (χ2n) is 3.21. The van der Waals surface area contributed by atoms with E-state index in [4.69, 9.17) is 32.5 Å². The lowest BCUT2D eigenvalue weighted by Gasteiger charge is -2.16. The summed E-state index contributed by atoms with van der Waals surface area (Å²) < 4.78 is 23.3. The van der Waals surface area contributed by atoms with E-state index in [1.165, 1.54) is 14.2 Å². The van der Waals surface area contributed by atoms with E-state index in [2.05, 4.69) is 0 Å². The molecule has 1 rings (SSSR count). The van der Waals surface area contributed by atoms with Crippen LogP contribution in [0.1, 0.15) is 25.5 Å². The Morgan fingerprint density at radius 1 is 1.32 bits per heavy atom. The third-order valence-corrected chi connectivity index (χ3v) is 2.60. The van der Waals surface area contributed by atoms with Crippen molar-refractivity contribution in [1.82, 2.24) is 0 Å². The minimum Gasteiger partial charge on any atom is -0.491 e. The van der Waals surface area contributed by atoms with Crippen LogP contribution in [0.15, 0.2) is 6.07 Å². The Labute approximate surface area is 116 Å². The Hall–Kier alpha value is -1.53. The van der Waals surface area contributed by atoms with Crippen molar-refractivity contribution in [3.05, 3.63) is 22.5 Å². The van der Waals surface area contributed by atoms with Gasteiger partial charge >= 0.3 is 0 Å². The molecule has 0 saturated heterocycles. The fraction of sp³-hybridized carbons (Fsp3) is 0.417. The molecule has 0 radical (unpaired) electrons. The first-order chi connectivity index (χ1) is 8.93. The maximum absolute atomic E-state index is 13.6. The predicted octanol–water partition coefficient (Wildman–Crippen LogP) is 2.01. The van der Waals surface area contributed by atoms with E-state index in [1.54, 1.807) is 0 Å². The zero-order valence-electron chi connectivity index (χ0n) is 11.3. The average Bonchev–Trinajstić information content (AvgIpc) is 2.41. The molecular weight excluding hydrogens is 275 g/mol. The van der Waals surface area contributed by atoms with E-state index in [-0.39, 0.29) is 22.1 Å². The quantitative estimate of drug-likeness (QED) is 0.888. The summed E-state index contributed by atoms with van der Waals surface area (Å²) in [5, 5.41) is -0.00273. The van der Waals surface area contributed by atoms with Crippen LogP contribution in [-0.2, 0) is 4.79 Å². The van der Waals surface area contributed by atoms with Crippen molar-refractivity contribution >= 4 is 17.5 Å². The second kappa shape index (κ2) is 7.81. The number of carbonyl (C=O) groups excluding carboxylic acids is 1. The number of rotatable bonds is 4. The van der Waals surface area contributed by atoms with Crippen molar-refractivity contribution in [3.8, 4) is 11.5 Å². The van der Waals surface area contributed by atoms with Gasteiger partial charge in [0.25, 0.3) is 0 Å². The third-order valence-electron chi connectivity index (χ3n) is 2.21. The van der Waals surface area contributed by atoms with Crippen LogP contribution >= 0.6 is 11.6 Å². The summed E-state index contributed by atoms with van der Waals surface area (Å²) in [5.74, 6) is -1.74. The van der Waals surface area contributed by atoms with Gasteiger partial charge in [0.1, 0.15) is 6.04 Å². The molecule has 0 aliphatic rings. The molecule has 4 N–H and O–H groups in total. The highest BCUT2D eigenvalue weighted by atomic mass is 35.5. The van der Waals surface area contributed by atoms with Gasteiger partial charge in [-0.1, -0.05) is 25.4 Å². The number of halogens is 2. The topological polar surface area (TPSA) is 87.6 Å². The van der Waals surface area contributed by atoms with Crippen LogP contribution in [0.3, 0.4) is 0 Å². The highest BCUT2D eigenvalue weighted by Crippen LogP contribution is 2.41. The van der Waals surface area contributed by atoms with Gasteiger partial charge < -0.3 is 20.9 Å². The Morgan fingerprint density at radius 3 is 2.16 bits per heavy atom. The molecule has 19 heavy (non-hydrogen) atoms. The van der Waals surface area contributed by atoms with E-state index < -0.39 is 17.8 Å². The first-order valence-corrected chi connectivity index (χ1v) is 5.96. The van der Waals surface area contributed by atoms with Crippen molar-refractivity contribution in [1.29, 1.82) is 0 Å². The fourth-order valence-electron chi connectivity index (χ4n) is 1.36. The van der Waals surface area contributed by atoms with Crippen LogP contribution in [0.5, 0.6) is 11.5 Å². The first kappa shape index (κ1) is 17.5. The van der Waals surface area contributed by atoms with Gasteiger partial charge in [0.05, 0.1) is 19.2 Å². The van der Waals surface area contributed by atoms with E-state index in [0.29, 0.717) is 0 Å². The number of hydrogen-bond donors (Lipinski definition) is 2. The summed E-state index contributed by atoms with van der Waals surface area (Å²) in [6, 6.07) is -0.212. The molecule has 0 fully saturated rings. The van der Waals surface area contributed by atoms with Gasteiger partial charge in [0.2, 0.25) is 5.91 Å². The molecule has 1 amide bonds. The lowest BCUT2D eigenvalue weighted by atomic mass is 10.1. The molecule has 1 aromatic rings. The van der Waals surface area contributed by atoms with Crippen LogP contribution in [0.25, 0.3) is 0 Å². The Kier molecular flexibility index (Phi) is 7.18. The zero-order valence-corrected chi connectivity index (χ0v) is 12.0. The Balaban J connectivity index is 0.00000154. The van der Waals surface area contributed by atoms with Gasteiger partial charge in [-0.2, -0.15) is 0 Å². The number of nitrogens with two attached hydrogens (primary N) is 2. The van der Waals surface area contributed by atoms with Gasteiger partial charge in [-0.25, -0.2) is 4.39 Å². The van der Waals surface area contributed by atoms with Crippen molar-refractivity contribution < 1.29 is 18.7 Å². The molecular formula is C12H18ClFN2O3. The average molecular weight is 293 g/mol. The summed E-state index contributed by atoms with van der Waals surface area (Å²) in [5.41, 5.74) is 10.6. The van der Waals surface area contributed by atoms with E-state index in [1.807, 2.05) is 13.8 Å². The number of carbonyl (C=O) groups is 1. The van der Waals surface area contributed by atoms with Crippen molar-refractivity contribution in [2.45, 2.75) is 19.9 Å².